The van der Waals surface area contributed by atoms with Gasteiger partial charge in [-0.3, -0.25) is 14.4 Å². The van der Waals surface area contributed by atoms with Crippen LogP contribution in [0.25, 0.3) is 0 Å². The van der Waals surface area contributed by atoms with Crippen molar-refractivity contribution in [3.8, 4) is 0 Å². The average molecular weight is 370 g/mol. The van der Waals surface area contributed by atoms with Crippen LogP contribution in [0.5, 0.6) is 0 Å². The highest BCUT2D eigenvalue weighted by molar-refractivity contribution is 5.98. The van der Waals surface area contributed by atoms with E-state index in [9.17, 15) is 18.8 Å². The first-order valence-electron chi connectivity index (χ1n) is 8.48. The SMILES string of the molecule is CN1C(=O)CC(C(=O)Nc2ccc(CC(=O)O)cc2)C1c1ccc(F)cc1. The smallest absolute Gasteiger partial charge is 0.307 e. The van der Waals surface area contributed by atoms with Gasteiger partial charge in [0.2, 0.25) is 11.8 Å². The number of rotatable bonds is 5. The molecule has 2 unspecified atom stereocenters. The molecule has 140 valence electrons. The Morgan fingerprint density at radius 3 is 2.37 bits per heavy atom. The van der Waals surface area contributed by atoms with Crippen LogP contribution in [0, 0.1) is 11.7 Å². The van der Waals surface area contributed by atoms with Crippen LogP contribution in [0.2, 0.25) is 0 Å². The van der Waals surface area contributed by atoms with Crippen molar-refractivity contribution >= 4 is 23.5 Å². The maximum absolute atomic E-state index is 13.2. The van der Waals surface area contributed by atoms with Gasteiger partial charge >= 0.3 is 5.97 Å². The molecule has 0 aromatic heterocycles. The van der Waals surface area contributed by atoms with Crippen molar-refractivity contribution in [2.45, 2.75) is 18.9 Å². The Hall–Kier alpha value is -3.22. The first-order valence-corrected chi connectivity index (χ1v) is 8.48. The summed E-state index contributed by atoms with van der Waals surface area (Å²) in [6.45, 7) is 0. The summed E-state index contributed by atoms with van der Waals surface area (Å²) < 4.78 is 13.2. The predicted molar refractivity (Wildman–Crippen MR) is 96.4 cm³/mol. The second-order valence-electron chi connectivity index (χ2n) is 6.57. The number of anilines is 1. The Morgan fingerprint density at radius 1 is 1.15 bits per heavy atom. The molecule has 0 aliphatic carbocycles. The van der Waals surface area contributed by atoms with Crippen molar-refractivity contribution in [1.29, 1.82) is 0 Å². The summed E-state index contributed by atoms with van der Waals surface area (Å²) in [5, 5.41) is 11.6. The summed E-state index contributed by atoms with van der Waals surface area (Å²) in [5.41, 5.74) is 1.84. The third kappa shape index (κ3) is 4.13. The fourth-order valence-electron chi connectivity index (χ4n) is 3.34. The third-order valence-electron chi connectivity index (χ3n) is 4.71. The molecule has 0 bridgehead atoms. The molecule has 2 aromatic carbocycles. The van der Waals surface area contributed by atoms with Crippen LogP contribution in [0.1, 0.15) is 23.6 Å². The lowest BCUT2D eigenvalue weighted by atomic mass is 9.92. The Kier molecular flexibility index (Phi) is 5.21. The predicted octanol–water partition coefficient (Wildman–Crippen LogP) is 2.61. The maximum atomic E-state index is 13.2. The third-order valence-corrected chi connectivity index (χ3v) is 4.71. The van der Waals surface area contributed by atoms with E-state index in [1.165, 1.54) is 17.0 Å². The number of nitrogens with zero attached hydrogens (tertiary/aromatic N) is 1. The van der Waals surface area contributed by atoms with Crippen LogP contribution >= 0.6 is 0 Å². The topological polar surface area (TPSA) is 86.7 Å². The number of hydrogen-bond acceptors (Lipinski definition) is 3. The molecule has 7 heteroatoms. The number of carboxylic acid groups (broad SMARTS) is 1. The number of halogens is 1. The second-order valence-corrected chi connectivity index (χ2v) is 6.57. The van der Waals surface area contributed by atoms with Crippen LogP contribution < -0.4 is 5.32 Å². The summed E-state index contributed by atoms with van der Waals surface area (Å²) in [6.07, 6.45) is -0.0235. The molecule has 1 heterocycles. The summed E-state index contributed by atoms with van der Waals surface area (Å²) in [5.74, 6) is -2.38. The van der Waals surface area contributed by atoms with Crippen LogP contribution in [-0.2, 0) is 20.8 Å². The maximum Gasteiger partial charge on any atom is 0.307 e. The molecule has 1 aliphatic rings. The van der Waals surface area contributed by atoms with Gasteiger partial charge in [0.25, 0.3) is 0 Å². The van der Waals surface area contributed by atoms with Gasteiger partial charge in [-0.2, -0.15) is 0 Å². The van der Waals surface area contributed by atoms with E-state index in [2.05, 4.69) is 5.32 Å². The van der Waals surface area contributed by atoms with Gasteiger partial charge in [0.15, 0.2) is 0 Å². The molecule has 3 rings (SSSR count). The minimum Gasteiger partial charge on any atom is -0.481 e. The number of nitrogens with one attached hydrogen (secondary N) is 1. The zero-order valence-electron chi connectivity index (χ0n) is 14.7. The summed E-state index contributed by atoms with van der Waals surface area (Å²) in [6, 6.07) is 11.8. The molecule has 1 fully saturated rings. The van der Waals surface area contributed by atoms with E-state index in [0.717, 1.165) is 0 Å². The molecule has 0 radical (unpaired) electrons. The Balaban J connectivity index is 1.76. The Bertz CT molecular complexity index is 865. The van der Waals surface area contributed by atoms with E-state index in [4.69, 9.17) is 5.11 Å². The van der Waals surface area contributed by atoms with Crippen LogP contribution in [0.15, 0.2) is 48.5 Å². The van der Waals surface area contributed by atoms with Gasteiger partial charge in [-0.15, -0.1) is 0 Å². The van der Waals surface area contributed by atoms with E-state index in [-0.39, 0.29) is 30.5 Å². The van der Waals surface area contributed by atoms with Gasteiger partial charge in [0.05, 0.1) is 18.4 Å². The molecule has 6 nitrogen and oxygen atoms in total. The molecular weight excluding hydrogens is 351 g/mol. The molecule has 2 aromatic rings. The zero-order chi connectivity index (χ0) is 19.6. The fraction of sp³-hybridized carbons (Fsp3) is 0.250. The molecular formula is C20H19FN2O4. The summed E-state index contributed by atoms with van der Waals surface area (Å²) in [7, 11) is 1.63. The van der Waals surface area contributed by atoms with E-state index < -0.39 is 17.9 Å². The second kappa shape index (κ2) is 7.57. The molecule has 1 saturated heterocycles. The quantitative estimate of drug-likeness (QED) is 0.847. The number of carbonyl (C=O) groups is 3. The normalized spacial score (nSPS) is 19.2. The van der Waals surface area contributed by atoms with Crippen molar-refractivity contribution in [2.24, 2.45) is 5.92 Å². The average Bonchev–Trinajstić information content (AvgIpc) is 2.92. The number of carboxylic acids is 1. The standard InChI is InChI=1S/C20H19FN2O4/c1-23-17(24)11-16(19(23)13-4-6-14(21)7-5-13)20(27)22-15-8-2-12(3-9-15)10-18(25)26/h2-9,16,19H,10-11H2,1H3,(H,22,27)(H,25,26). The molecule has 27 heavy (non-hydrogen) atoms. The Morgan fingerprint density at radius 2 is 1.78 bits per heavy atom. The first-order chi connectivity index (χ1) is 12.8. The Labute approximate surface area is 155 Å². The van der Waals surface area contributed by atoms with Crippen LogP contribution in [0.3, 0.4) is 0 Å². The highest BCUT2D eigenvalue weighted by Crippen LogP contribution is 2.37. The van der Waals surface area contributed by atoms with Gasteiger partial charge < -0.3 is 15.3 Å². The number of likely N-dealkylation sites (tertiary alicyclic amines) is 1. The van der Waals surface area contributed by atoms with E-state index in [0.29, 0.717) is 16.8 Å². The van der Waals surface area contributed by atoms with Gasteiger partial charge in [-0.1, -0.05) is 24.3 Å². The molecule has 0 spiro atoms. The lowest BCUT2D eigenvalue weighted by Crippen LogP contribution is -2.30. The minimum absolute atomic E-state index is 0.0709. The molecule has 2 atom stereocenters. The van der Waals surface area contributed by atoms with Gasteiger partial charge in [0, 0.05) is 19.2 Å². The fourth-order valence-corrected chi connectivity index (χ4v) is 3.34. The highest BCUT2D eigenvalue weighted by atomic mass is 19.1. The van der Waals surface area contributed by atoms with E-state index >= 15 is 0 Å². The van der Waals surface area contributed by atoms with Crippen molar-refractivity contribution in [3.63, 3.8) is 0 Å². The number of benzene rings is 2. The van der Waals surface area contributed by atoms with E-state index in [1.54, 1.807) is 43.4 Å². The monoisotopic (exact) mass is 370 g/mol. The van der Waals surface area contributed by atoms with Crippen molar-refractivity contribution < 1.29 is 23.9 Å². The van der Waals surface area contributed by atoms with Crippen molar-refractivity contribution in [1.82, 2.24) is 4.90 Å². The number of amides is 2. The van der Waals surface area contributed by atoms with Crippen LogP contribution in [0.4, 0.5) is 10.1 Å². The molecule has 1 aliphatic heterocycles. The molecule has 2 N–H and O–H groups in total. The van der Waals surface area contributed by atoms with Crippen molar-refractivity contribution in [2.75, 3.05) is 12.4 Å². The zero-order valence-corrected chi connectivity index (χ0v) is 14.7. The molecule has 0 saturated carbocycles. The minimum atomic E-state index is -0.929. The van der Waals surface area contributed by atoms with Gasteiger partial charge in [-0.05, 0) is 35.4 Å². The molecule has 2 amide bonds. The highest BCUT2D eigenvalue weighted by Gasteiger charge is 2.42. The first kappa shape index (κ1) is 18.6. The van der Waals surface area contributed by atoms with Gasteiger partial charge in [-0.25, -0.2) is 4.39 Å². The number of aliphatic carboxylic acids is 1. The number of hydrogen-bond donors (Lipinski definition) is 2. The lowest BCUT2D eigenvalue weighted by Gasteiger charge is -2.25. The lowest BCUT2D eigenvalue weighted by molar-refractivity contribution is -0.136. The van der Waals surface area contributed by atoms with Crippen molar-refractivity contribution in [3.05, 3.63) is 65.5 Å². The van der Waals surface area contributed by atoms with E-state index in [1.807, 2.05) is 0 Å². The summed E-state index contributed by atoms with van der Waals surface area (Å²) in [4.78, 5) is 37.2. The van der Waals surface area contributed by atoms with Crippen LogP contribution in [-0.4, -0.2) is 34.8 Å². The largest absolute Gasteiger partial charge is 0.481 e. The van der Waals surface area contributed by atoms with Gasteiger partial charge in [0.1, 0.15) is 5.82 Å². The number of carbonyl (C=O) groups excluding carboxylic acids is 2. The summed E-state index contributed by atoms with van der Waals surface area (Å²) >= 11 is 0.